The number of hydrogen-bond acceptors (Lipinski definition) is 3. The van der Waals surface area contributed by atoms with E-state index in [1.807, 2.05) is 11.3 Å². The van der Waals surface area contributed by atoms with E-state index in [1.54, 1.807) is 4.88 Å². The molecule has 2 N–H and O–H groups in total. The van der Waals surface area contributed by atoms with Crippen LogP contribution in [0.1, 0.15) is 34.5 Å². The number of rotatable bonds is 2. The van der Waals surface area contributed by atoms with Crippen molar-refractivity contribution in [1.82, 2.24) is 0 Å². The second-order valence-corrected chi connectivity index (χ2v) is 6.23. The number of nitrogens with zero attached hydrogens (tertiary/aromatic N) is 1. The fraction of sp³-hybridized carbons (Fsp3) is 0.375. The van der Waals surface area contributed by atoms with Crippen LogP contribution in [-0.4, -0.2) is 6.54 Å². The van der Waals surface area contributed by atoms with Crippen LogP contribution in [0.2, 0.25) is 0 Å². The van der Waals surface area contributed by atoms with Gasteiger partial charge in [-0.1, -0.05) is 6.07 Å². The summed E-state index contributed by atoms with van der Waals surface area (Å²) < 4.78 is 0. The Hall–Kier alpha value is -1.32. The molecule has 0 aliphatic carbocycles. The maximum atomic E-state index is 5.74. The van der Waals surface area contributed by atoms with E-state index in [2.05, 4.69) is 48.4 Å². The van der Waals surface area contributed by atoms with Crippen molar-refractivity contribution in [3.05, 3.63) is 51.2 Å². The molecule has 1 unspecified atom stereocenters. The van der Waals surface area contributed by atoms with Crippen LogP contribution in [0.5, 0.6) is 0 Å². The van der Waals surface area contributed by atoms with Crippen LogP contribution >= 0.6 is 11.3 Å². The van der Waals surface area contributed by atoms with Gasteiger partial charge in [-0.3, -0.25) is 0 Å². The van der Waals surface area contributed by atoms with E-state index in [9.17, 15) is 0 Å². The lowest BCUT2D eigenvalue weighted by Crippen LogP contribution is -2.33. The van der Waals surface area contributed by atoms with Crippen molar-refractivity contribution in [2.75, 3.05) is 11.4 Å². The molecule has 0 saturated heterocycles. The Morgan fingerprint density at radius 2 is 2.21 bits per heavy atom. The summed E-state index contributed by atoms with van der Waals surface area (Å²) in [7, 11) is 0. The van der Waals surface area contributed by atoms with Gasteiger partial charge in [0.2, 0.25) is 0 Å². The lowest BCUT2D eigenvalue weighted by atomic mass is 9.99. The molecule has 19 heavy (non-hydrogen) atoms. The van der Waals surface area contributed by atoms with Gasteiger partial charge in [0.05, 0.1) is 6.04 Å². The molecule has 0 radical (unpaired) electrons. The highest BCUT2D eigenvalue weighted by molar-refractivity contribution is 7.10. The van der Waals surface area contributed by atoms with Gasteiger partial charge < -0.3 is 10.6 Å². The summed E-state index contributed by atoms with van der Waals surface area (Å²) in [5.41, 5.74) is 11.1. The summed E-state index contributed by atoms with van der Waals surface area (Å²) in [6, 6.07) is 9.40. The molecular formula is C16H20N2S. The average Bonchev–Trinajstić information content (AvgIpc) is 2.88. The smallest absolute Gasteiger partial charge is 0.0525 e. The third-order valence-electron chi connectivity index (χ3n) is 4.15. The number of fused-ring (bicyclic) bond motifs is 1. The van der Waals surface area contributed by atoms with E-state index in [1.165, 1.54) is 22.4 Å². The van der Waals surface area contributed by atoms with E-state index in [4.69, 9.17) is 5.73 Å². The molecule has 1 atom stereocenters. The van der Waals surface area contributed by atoms with Crippen LogP contribution in [-0.2, 0) is 13.0 Å². The van der Waals surface area contributed by atoms with Gasteiger partial charge in [0.1, 0.15) is 0 Å². The second-order valence-electron chi connectivity index (χ2n) is 5.23. The van der Waals surface area contributed by atoms with E-state index in [0.29, 0.717) is 12.6 Å². The molecule has 0 fully saturated rings. The highest BCUT2D eigenvalue weighted by atomic mass is 32.1. The average molecular weight is 272 g/mol. The Bertz CT molecular complexity index is 588. The zero-order valence-electron chi connectivity index (χ0n) is 11.5. The zero-order valence-corrected chi connectivity index (χ0v) is 12.3. The van der Waals surface area contributed by atoms with Crippen molar-refractivity contribution in [3.63, 3.8) is 0 Å². The van der Waals surface area contributed by atoms with Crippen LogP contribution in [0.3, 0.4) is 0 Å². The van der Waals surface area contributed by atoms with Gasteiger partial charge in [-0.25, -0.2) is 0 Å². The number of nitrogens with two attached hydrogens (primary N) is 1. The largest absolute Gasteiger partial charge is 0.364 e. The van der Waals surface area contributed by atoms with Crippen LogP contribution in [0.25, 0.3) is 0 Å². The van der Waals surface area contributed by atoms with E-state index in [-0.39, 0.29) is 0 Å². The van der Waals surface area contributed by atoms with Crippen molar-refractivity contribution in [3.8, 4) is 0 Å². The molecule has 0 bridgehead atoms. The number of thiophene rings is 1. The summed E-state index contributed by atoms with van der Waals surface area (Å²) in [4.78, 5) is 4.06. The van der Waals surface area contributed by atoms with Gasteiger partial charge in [-0.15, -0.1) is 11.3 Å². The SMILES string of the molecule is Cc1cc(N2CCc3sccc3C2C)ccc1CN. The molecule has 0 saturated carbocycles. The molecule has 1 aliphatic rings. The number of hydrogen-bond donors (Lipinski definition) is 1. The molecule has 2 aromatic rings. The fourth-order valence-electron chi connectivity index (χ4n) is 2.95. The lowest BCUT2D eigenvalue weighted by Gasteiger charge is -2.36. The van der Waals surface area contributed by atoms with E-state index >= 15 is 0 Å². The Labute approximate surface area is 118 Å². The molecule has 1 aliphatic heterocycles. The first-order valence-electron chi connectivity index (χ1n) is 6.83. The van der Waals surface area contributed by atoms with Crippen molar-refractivity contribution < 1.29 is 0 Å². The first-order chi connectivity index (χ1) is 9.20. The molecule has 2 heterocycles. The molecule has 100 valence electrons. The minimum absolute atomic E-state index is 0.470. The molecule has 3 heteroatoms. The van der Waals surface area contributed by atoms with Gasteiger partial charge in [-0.05, 0) is 60.5 Å². The second kappa shape index (κ2) is 4.99. The molecular weight excluding hydrogens is 252 g/mol. The summed E-state index contributed by atoms with van der Waals surface area (Å²) in [5.74, 6) is 0. The van der Waals surface area contributed by atoms with Crippen LogP contribution in [0.15, 0.2) is 29.6 Å². The maximum Gasteiger partial charge on any atom is 0.0525 e. The van der Waals surface area contributed by atoms with Crippen LogP contribution < -0.4 is 10.6 Å². The predicted molar refractivity (Wildman–Crippen MR) is 82.9 cm³/mol. The standard InChI is InChI=1S/C16H20N2S/c1-11-9-14(4-3-13(11)10-17)18-7-5-16-15(12(18)2)6-8-19-16/h3-4,6,8-9,12H,5,7,10,17H2,1-2H3. The van der Waals surface area contributed by atoms with Gasteiger partial charge in [0, 0.05) is 23.7 Å². The summed E-state index contributed by atoms with van der Waals surface area (Å²) in [6.45, 7) is 6.18. The third kappa shape index (κ3) is 2.17. The highest BCUT2D eigenvalue weighted by Gasteiger charge is 2.24. The minimum Gasteiger partial charge on any atom is -0.364 e. The number of benzene rings is 1. The Kier molecular flexibility index (Phi) is 3.33. The molecule has 1 aromatic heterocycles. The Morgan fingerprint density at radius 1 is 1.37 bits per heavy atom. The topological polar surface area (TPSA) is 29.3 Å². The maximum absolute atomic E-state index is 5.74. The fourth-order valence-corrected chi connectivity index (χ4v) is 3.91. The lowest BCUT2D eigenvalue weighted by molar-refractivity contribution is 0.632. The van der Waals surface area contributed by atoms with E-state index in [0.717, 1.165) is 13.0 Å². The van der Waals surface area contributed by atoms with Gasteiger partial charge in [-0.2, -0.15) is 0 Å². The molecule has 3 rings (SSSR count). The minimum atomic E-state index is 0.470. The quantitative estimate of drug-likeness (QED) is 0.904. The molecule has 2 nitrogen and oxygen atoms in total. The first-order valence-corrected chi connectivity index (χ1v) is 7.71. The van der Waals surface area contributed by atoms with Gasteiger partial charge >= 0.3 is 0 Å². The van der Waals surface area contributed by atoms with Crippen molar-refractivity contribution in [1.29, 1.82) is 0 Å². The predicted octanol–water partition coefficient (Wildman–Crippen LogP) is 3.64. The normalized spacial score (nSPS) is 18.5. The number of aryl methyl sites for hydroxylation is 1. The van der Waals surface area contributed by atoms with E-state index < -0.39 is 0 Å². The molecule has 0 spiro atoms. The first kappa shape index (κ1) is 12.7. The van der Waals surface area contributed by atoms with Crippen molar-refractivity contribution in [2.24, 2.45) is 5.73 Å². The third-order valence-corrected chi connectivity index (χ3v) is 5.15. The van der Waals surface area contributed by atoms with Crippen LogP contribution in [0, 0.1) is 6.92 Å². The monoisotopic (exact) mass is 272 g/mol. The Morgan fingerprint density at radius 3 is 2.95 bits per heavy atom. The van der Waals surface area contributed by atoms with Crippen molar-refractivity contribution in [2.45, 2.75) is 32.9 Å². The van der Waals surface area contributed by atoms with Gasteiger partial charge in [0.25, 0.3) is 0 Å². The zero-order chi connectivity index (χ0) is 13.4. The van der Waals surface area contributed by atoms with Crippen LogP contribution in [0.4, 0.5) is 5.69 Å². The molecule has 1 aromatic carbocycles. The summed E-state index contributed by atoms with van der Waals surface area (Å²) in [5, 5.41) is 2.22. The summed E-state index contributed by atoms with van der Waals surface area (Å²) >= 11 is 1.89. The highest BCUT2D eigenvalue weighted by Crippen LogP contribution is 2.36. The summed E-state index contributed by atoms with van der Waals surface area (Å²) in [6.07, 6.45) is 1.16. The molecule has 0 amide bonds. The number of anilines is 1. The van der Waals surface area contributed by atoms with Crippen molar-refractivity contribution >= 4 is 17.0 Å². The van der Waals surface area contributed by atoms with Gasteiger partial charge in [0.15, 0.2) is 0 Å². The Balaban J connectivity index is 1.93.